The predicted octanol–water partition coefficient (Wildman–Crippen LogP) is 25.2. The number of carbonyl (C=O) groups is 4. The average molecular weight is 1560 g/mol. The molecular formula is C89H152O17P2. The van der Waals surface area contributed by atoms with Crippen LogP contribution in [0.1, 0.15) is 349 Å². The second-order valence-corrected chi connectivity index (χ2v) is 31.0. The van der Waals surface area contributed by atoms with Gasteiger partial charge in [-0.1, -0.05) is 328 Å². The lowest BCUT2D eigenvalue weighted by Crippen LogP contribution is -2.30. The summed E-state index contributed by atoms with van der Waals surface area (Å²) in [5.41, 5.74) is 0. The predicted molar refractivity (Wildman–Crippen MR) is 445 cm³/mol. The van der Waals surface area contributed by atoms with Crippen molar-refractivity contribution in [1.82, 2.24) is 0 Å². The topological polar surface area (TPSA) is 237 Å². The Morgan fingerprint density at radius 3 is 0.769 bits per heavy atom. The van der Waals surface area contributed by atoms with E-state index < -0.39 is 97.5 Å². The quantitative estimate of drug-likeness (QED) is 0.0169. The number of allylic oxidation sites excluding steroid dienone is 22. The van der Waals surface area contributed by atoms with Crippen molar-refractivity contribution < 1.29 is 80.2 Å². The number of phosphoric ester groups is 2. The molecule has 0 aliphatic heterocycles. The fraction of sp³-hybridized carbons (Fsp3) is 0.708. The average Bonchev–Trinajstić information content (AvgIpc) is 0.907. The molecule has 0 fully saturated rings. The Hall–Kier alpha value is -4.80. The summed E-state index contributed by atoms with van der Waals surface area (Å²) in [5.74, 6) is -2.36. The zero-order valence-corrected chi connectivity index (χ0v) is 69.8. The number of carbonyl (C=O) groups excluding carboxylic acids is 4. The van der Waals surface area contributed by atoms with Gasteiger partial charge in [0.2, 0.25) is 0 Å². The molecule has 17 nitrogen and oxygen atoms in total. The minimum Gasteiger partial charge on any atom is -0.462 e. The summed E-state index contributed by atoms with van der Waals surface area (Å²) in [5, 5.41) is 10.7. The van der Waals surface area contributed by atoms with E-state index in [1.807, 2.05) is 36.5 Å². The molecule has 108 heavy (non-hydrogen) atoms. The number of aliphatic hydroxyl groups is 1. The molecular weight excluding hydrogens is 1400 g/mol. The van der Waals surface area contributed by atoms with Crippen molar-refractivity contribution in [2.24, 2.45) is 0 Å². The number of esters is 4. The summed E-state index contributed by atoms with van der Waals surface area (Å²) < 4.78 is 68.6. The third kappa shape index (κ3) is 79.3. The van der Waals surface area contributed by atoms with Gasteiger partial charge in [-0.2, -0.15) is 0 Å². The van der Waals surface area contributed by atoms with Crippen LogP contribution >= 0.6 is 15.6 Å². The summed E-state index contributed by atoms with van der Waals surface area (Å²) in [7, 11) is -10.0. The maximum Gasteiger partial charge on any atom is 0.472 e. The first-order chi connectivity index (χ1) is 52.7. The minimum atomic E-state index is -5.01. The van der Waals surface area contributed by atoms with Gasteiger partial charge in [0.05, 0.1) is 26.4 Å². The Morgan fingerprint density at radius 2 is 0.472 bits per heavy atom. The lowest BCUT2D eigenvalue weighted by Gasteiger charge is -2.21. The molecule has 3 N–H and O–H groups in total. The van der Waals surface area contributed by atoms with Crippen LogP contribution in [0.2, 0.25) is 0 Å². The van der Waals surface area contributed by atoms with Crippen molar-refractivity contribution in [3.63, 3.8) is 0 Å². The minimum absolute atomic E-state index is 0.0310. The van der Waals surface area contributed by atoms with Crippen LogP contribution in [-0.2, 0) is 65.4 Å². The number of hydrogen-bond acceptors (Lipinski definition) is 15. The number of rotatable bonds is 79. The first-order valence-electron chi connectivity index (χ1n) is 42.4. The molecule has 0 aliphatic carbocycles. The van der Waals surface area contributed by atoms with Gasteiger partial charge in [-0.3, -0.25) is 37.3 Å². The molecule has 620 valence electrons. The molecule has 5 atom stereocenters. The molecule has 0 aromatic heterocycles. The fourth-order valence-corrected chi connectivity index (χ4v) is 12.7. The smallest absolute Gasteiger partial charge is 0.462 e. The van der Waals surface area contributed by atoms with Crippen LogP contribution in [0, 0.1) is 0 Å². The molecule has 0 aromatic rings. The fourth-order valence-electron chi connectivity index (χ4n) is 11.1. The van der Waals surface area contributed by atoms with E-state index in [1.54, 1.807) is 0 Å². The Morgan fingerprint density at radius 1 is 0.259 bits per heavy atom. The summed E-state index contributed by atoms with van der Waals surface area (Å²) in [6.45, 7) is 4.67. The number of unbranched alkanes of at least 4 members (excludes halogenated alkanes) is 31. The van der Waals surface area contributed by atoms with E-state index in [0.29, 0.717) is 38.5 Å². The third-order valence-corrected chi connectivity index (χ3v) is 19.5. The van der Waals surface area contributed by atoms with Crippen LogP contribution in [0.15, 0.2) is 134 Å². The molecule has 0 spiro atoms. The molecule has 0 bridgehead atoms. The van der Waals surface area contributed by atoms with Gasteiger partial charge in [-0.05, 0) is 128 Å². The molecule has 2 unspecified atom stereocenters. The highest BCUT2D eigenvalue weighted by molar-refractivity contribution is 7.47. The van der Waals surface area contributed by atoms with E-state index in [-0.39, 0.29) is 25.7 Å². The molecule has 0 heterocycles. The van der Waals surface area contributed by atoms with Gasteiger partial charge in [0.25, 0.3) is 0 Å². The summed E-state index contributed by atoms with van der Waals surface area (Å²) in [4.78, 5) is 73.1. The first kappa shape index (κ1) is 103. The standard InChI is InChI=1S/C89H152O17P2/c1-5-9-13-17-21-25-29-33-37-39-41-43-47-51-55-59-63-67-71-75-88(93)105-84(79-99-86(91)73-69-65-61-57-53-49-45-35-31-27-23-19-15-11-7-3)81-103-107(95,96)101-77-83(90)78-102-108(97,98)104-82-85(80-100-87(92)74-70-66-62-58-54-50-46-36-32-28-24-20-16-12-8-4)106-89(94)76-72-68-64-60-56-52-48-44-42-40-38-34-30-26-22-18-14-10-6-2/h21-22,25-27,31,33-34,37-38,41-44,51-52,55-56,63-64,67-68,83-85,90H,5-20,23-24,28-30,32,35-36,39-40,45-50,53-54,57-62,65-66,69-82H2,1-4H3,(H,95,96)(H,97,98)/b25-21-,26-22-,31-27-,37-33-,38-34-,43-41-,44-42-,55-51-,56-52-,67-63-,68-64-/t83-,84-,85-/m1/s1. The molecule has 0 aromatic carbocycles. The van der Waals surface area contributed by atoms with Gasteiger partial charge in [0.15, 0.2) is 12.2 Å². The molecule has 0 aliphatic rings. The largest absolute Gasteiger partial charge is 0.472 e. The highest BCUT2D eigenvalue weighted by atomic mass is 31.2. The van der Waals surface area contributed by atoms with Gasteiger partial charge >= 0.3 is 39.5 Å². The number of aliphatic hydroxyl groups excluding tert-OH is 1. The third-order valence-electron chi connectivity index (χ3n) is 17.6. The van der Waals surface area contributed by atoms with Crippen molar-refractivity contribution in [2.75, 3.05) is 39.6 Å². The highest BCUT2D eigenvalue weighted by Crippen LogP contribution is 2.45. The van der Waals surface area contributed by atoms with Crippen LogP contribution < -0.4 is 0 Å². The molecule has 0 rings (SSSR count). The molecule has 0 radical (unpaired) electrons. The van der Waals surface area contributed by atoms with E-state index in [1.165, 1.54) is 135 Å². The van der Waals surface area contributed by atoms with Crippen LogP contribution in [0.4, 0.5) is 0 Å². The van der Waals surface area contributed by atoms with Crippen LogP contribution in [0.5, 0.6) is 0 Å². The second-order valence-electron chi connectivity index (χ2n) is 28.1. The van der Waals surface area contributed by atoms with E-state index in [4.69, 9.17) is 37.0 Å². The molecule has 0 saturated carbocycles. The lowest BCUT2D eigenvalue weighted by atomic mass is 10.0. The van der Waals surface area contributed by atoms with Crippen LogP contribution in [0.25, 0.3) is 0 Å². The van der Waals surface area contributed by atoms with Gasteiger partial charge in [-0.25, -0.2) is 9.13 Å². The SMILES string of the molecule is CCCCC/C=C\C/C=C\C/C=C\C/C=C\C/C=C\CCC(=O)O[C@H](COC(=O)CCCCCCCCC/C=C\CCCCCC)COP(=O)(O)OC[C@@H](O)COP(=O)(O)OC[C@@H](COC(=O)CCCCCCCCCCCCCCCCC)OC(=O)CC/C=C\C/C=C\C/C=C\C/C=C\C/C=C\CCCCC. The summed E-state index contributed by atoms with van der Waals surface area (Å²) >= 11 is 0. The Kier molecular flexibility index (Phi) is 76.7. The lowest BCUT2D eigenvalue weighted by molar-refractivity contribution is -0.161. The maximum atomic E-state index is 13.1. The van der Waals surface area contributed by atoms with E-state index >= 15 is 0 Å². The summed E-state index contributed by atoms with van der Waals surface area (Å²) in [6.07, 6.45) is 91.6. The maximum absolute atomic E-state index is 13.1. The normalized spacial score (nSPS) is 14.5. The van der Waals surface area contributed by atoms with Gasteiger partial charge in [0, 0.05) is 25.7 Å². The van der Waals surface area contributed by atoms with Crippen molar-refractivity contribution in [1.29, 1.82) is 0 Å². The zero-order chi connectivity index (χ0) is 78.9. The van der Waals surface area contributed by atoms with Crippen molar-refractivity contribution in [2.45, 2.75) is 367 Å². The molecule has 0 saturated heterocycles. The van der Waals surface area contributed by atoms with Gasteiger partial charge in [-0.15, -0.1) is 0 Å². The van der Waals surface area contributed by atoms with Crippen LogP contribution in [0.3, 0.4) is 0 Å². The van der Waals surface area contributed by atoms with Crippen molar-refractivity contribution in [3.8, 4) is 0 Å². The number of phosphoric acid groups is 2. The second kappa shape index (κ2) is 80.3. The Balaban J connectivity index is 5.50. The first-order valence-corrected chi connectivity index (χ1v) is 45.4. The van der Waals surface area contributed by atoms with E-state index in [0.717, 1.165) is 122 Å². The summed E-state index contributed by atoms with van der Waals surface area (Å²) in [6, 6.07) is 0. The van der Waals surface area contributed by atoms with Crippen molar-refractivity contribution in [3.05, 3.63) is 134 Å². The van der Waals surface area contributed by atoms with Gasteiger partial charge in [0.1, 0.15) is 19.3 Å². The van der Waals surface area contributed by atoms with E-state index in [2.05, 4.69) is 125 Å². The highest BCUT2D eigenvalue weighted by Gasteiger charge is 2.30. The molecule has 0 amide bonds. The Bertz CT molecular complexity index is 2560. The van der Waals surface area contributed by atoms with E-state index in [9.17, 15) is 43.2 Å². The van der Waals surface area contributed by atoms with Gasteiger partial charge < -0.3 is 33.8 Å². The number of ether oxygens (including phenoxy) is 4. The Labute approximate surface area is 656 Å². The number of hydrogen-bond donors (Lipinski definition) is 3. The monoisotopic (exact) mass is 1560 g/mol. The van der Waals surface area contributed by atoms with Crippen molar-refractivity contribution >= 4 is 39.5 Å². The zero-order valence-electron chi connectivity index (χ0n) is 68.0. The molecule has 19 heteroatoms. The van der Waals surface area contributed by atoms with Crippen LogP contribution in [-0.4, -0.2) is 96.7 Å².